The summed E-state index contributed by atoms with van der Waals surface area (Å²) >= 11 is 0. The van der Waals surface area contributed by atoms with E-state index in [0.717, 1.165) is 5.57 Å². The molecule has 0 aromatic rings. The van der Waals surface area contributed by atoms with E-state index in [1.165, 1.54) is 6.92 Å². The van der Waals surface area contributed by atoms with E-state index in [-0.39, 0.29) is 35.8 Å². The highest BCUT2D eigenvalue weighted by molar-refractivity contribution is 5.89. The summed E-state index contributed by atoms with van der Waals surface area (Å²) in [5.41, 5.74) is -4.87. The van der Waals surface area contributed by atoms with E-state index in [2.05, 4.69) is 19.9 Å². The van der Waals surface area contributed by atoms with Crippen LogP contribution in [0.5, 0.6) is 0 Å². The van der Waals surface area contributed by atoms with Gasteiger partial charge in [0.25, 0.3) is 0 Å². The first-order valence-corrected chi connectivity index (χ1v) is 32.1. The standard InChI is InChI=1S/C64H100O28/c1-13-25(3)53(81)91-50-51(92-54(82)26(4)14-2)64(24-67)29(21-59(50,6)7)28-15-16-33-61(10)19-18-34(60(8,9)32(61)17-20-62(33,11)63(28,12)48(77)49(64)78)86-58-47(90-56-42(75)39(72)36(69)30(22-65)84-56)44(43(76)45(88-58)52(79)80)87-57-46(40(73)37(70)31(23-66)85-57)89-55-41(74)38(71)35(68)27(5)83-55/h13-15,27,29-51,55-58,65-78H,16-24H2,1-12H3,(H,79,80)/t27-,29-,30+,31+,32-,33+,34-,35-,36+,37-,38+,39-,40-,41+,42+,43-,44-,45-,46+,47+,48-,49+,50-,51-,55-,56-,57-,58+,61-,62+,63-,64-/m0/s1. The molecule has 4 saturated carbocycles. The minimum atomic E-state index is -2.31. The molecule has 28 heteroatoms. The van der Waals surface area contributed by atoms with Gasteiger partial charge in [0.05, 0.1) is 49.7 Å². The fraction of sp³-hybridized carbons (Fsp3) is 0.859. The van der Waals surface area contributed by atoms with Crippen LogP contribution in [-0.2, 0) is 61.8 Å². The average Bonchev–Trinajstić information content (AvgIpc) is 0.663. The monoisotopic (exact) mass is 1320 g/mol. The highest BCUT2D eigenvalue weighted by Crippen LogP contribution is 2.76. The molecule has 28 nitrogen and oxygen atoms in total. The van der Waals surface area contributed by atoms with Gasteiger partial charge in [-0.05, 0) is 107 Å². The number of hydrogen-bond acceptors (Lipinski definition) is 27. The third-order valence-corrected chi connectivity index (χ3v) is 23.8. The van der Waals surface area contributed by atoms with Crippen LogP contribution in [0.1, 0.15) is 122 Å². The molecular weight excluding hydrogens is 1220 g/mol. The van der Waals surface area contributed by atoms with Crippen molar-refractivity contribution in [2.45, 2.75) is 275 Å². The summed E-state index contributed by atoms with van der Waals surface area (Å²) in [4.78, 5) is 40.9. The summed E-state index contributed by atoms with van der Waals surface area (Å²) in [6, 6.07) is 0. The van der Waals surface area contributed by atoms with Crippen molar-refractivity contribution in [2.75, 3.05) is 19.8 Å². The molecule has 92 heavy (non-hydrogen) atoms. The fourth-order valence-corrected chi connectivity index (χ4v) is 17.8. The molecule has 524 valence electrons. The number of aliphatic hydroxyl groups is 14. The molecule has 0 aromatic heterocycles. The zero-order valence-corrected chi connectivity index (χ0v) is 54.3. The predicted molar refractivity (Wildman–Crippen MR) is 314 cm³/mol. The van der Waals surface area contributed by atoms with E-state index in [4.69, 9.17) is 47.4 Å². The van der Waals surface area contributed by atoms with Crippen LogP contribution >= 0.6 is 0 Å². The Balaban J connectivity index is 1.07. The lowest BCUT2D eigenvalue weighted by molar-refractivity contribution is -0.406. The van der Waals surface area contributed by atoms with Crippen molar-refractivity contribution in [2.24, 2.45) is 50.2 Å². The molecule has 15 N–H and O–H groups in total. The number of esters is 2. The topological polar surface area (TPSA) is 447 Å². The van der Waals surface area contributed by atoms with Gasteiger partial charge in [0.15, 0.2) is 37.4 Å². The number of aliphatic carboxylic acids is 1. The van der Waals surface area contributed by atoms with Crippen LogP contribution in [-0.4, -0.2) is 268 Å². The molecule has 0 spiro atoms. The van der Waals surface area contributed by atoms with Crippen molar-refractivity contribution < 1.29 is 138 Å². The van der Waals surface area contributed by atoms with Crippen LogP contribution < -0.4 is 0 Å². The van der Waals surface area contributed by atoms with Gasteiger partial charge in [-0.15, -0.1) is 0 Å². The number of aliphatic hydroxyl groups excluding tert-OH is 14. The molecule has 0 bridgehead atoms. The van der Waals surface area contributed by atoms with Crippen LogP contribution in [0.25, 0.3) is 0 Å². The molecule has 4 saturated heterocycles. The van der Waals surface area contributed by atoms with Crippen molar-refractivity contribution in [3.63, 3.8) is 0 Å². The van der Waals surface area contributed by atoms with Crippen LogP contribution in [0.15, 0.2) is 34.9 Å². The van der Waals surface area contributed by atoms with Crippen molar-refractivity contribution in [3.8, 4) is 0 Å². The molecule has 9 rings (SSSR count). The Hall–Kier alpha value is -3.25. The Bertz CT molecular complexity index is 2760. The number of carboxylic acid groups (broad SMARTS) is 1. The zero-order valence-electron chi connectivity index (χ0n) is 54.3. The maximum Gasteiger partial charge on any atom is 0.335 e. The second kappa shape index (κ2) is 26.9. The zero-order chi connectivity index (χ0) is 68.2. The van der Waals surface area contributed by atoms with Gasteiger partial charge in [-0.3, -0.25) is 0 Å². The predicted octanol–water partition coefficient (Wildman–Crippen LogP) is -1.52. The number of carbonyl (C=O) groups is 3. The third-order valence-electron chi connectivity index (χ3n) is 23.8. The van der Waals surface area contributed by atoms with E-state index in [9.17, 15) is 91.0 Å². The number of rotatable bonds is 16. The molecule has 4 aliphatic heterocycles. The molecular formula is C64H100O28. The smallest absolute Gasteiger partial charge is 0.335 e. The molecule has 0 radical (unpaired) electrons. The van der Waals surface area contributed by atoms with Crippen molar-refractivity contribution in [1.82, 2.24) is 0 Å². The molecule has 0 unspecified atom stereocenters. The second-order valence-electron chi connectivity index (χ2n) is 29.3. The lowest BCUT2D eigenvalue weighted by Gasteiger charge is -2.73. The van der Waals surface area contributed by atoms with Gasteiger partial charge in [-0.1, -0.05) is 72.3 Å². The molecule has 0 amide bonds. The Morgan fingerprint density at radius 1 is 0.576 bits per heavy atom. The highest BCUT2D eigenvalue weighted by Gasteiger charge is 2.77. The minimum Gasteiger partial charge on any atom is -0.479 e. The number of hydrogen-bond donors (Lipinski definition) is 15. The van der Waals surface area contributed by atoms with Gasteiger partial charge in [-0.25, -0.2) is 14.4 Å². The van der Waals surface area contributed by atoms with Gasteiger partial charge in [-0.2, -0.15) is 0 Å². The number of allylic oxidation sites excluding steroid dienone is 3. The van der Waals surface area contributed by atoms with E-state index < -0.39 is 229 Å². The van der Waals surface area contributed by atoms with E-state index in [1.54, 1.807) is 39.8 Å². The summed E-state index contributed by atoms with van der Waals surface area (Å²) in [5, 5.41) is 170. The number of fused-ring (bicyclic) bond motifs is 7. The van der Waals surface area contributed by atoms with Gasteiger partial charge in [0.2, 0.25) is 0 Å². The first-order chi connectivity index (χ1) is 42.9. The van der Waals surface area contributed by atoms with E-state index in [0.29, 0.717) is 25.7 Å². The highest BCUT2D eigenvalue weighted by atomic mass is 16.8. The van der Waals surface area contributed by atoms with Crippen molar-refractivity contribution in [3.05, 3.63) is 34.9 Å². The Labute approximate surface area is 534 Å². The summed E-state index contributed by atoms with van der Waals surface area (Å²) in [7, 11) is 0. The Morgan fingerprint density at radius 2 is 1.10 bits per heavy atom. The van der Waals surface area contributed by atoms with Gasteiger partial charge >= 0.3 is 17.9 Å². The van der Waals surface area contributed by atoms with Crippen molar-refractivity contribution >= 4 is 17.9 Å². The Kier molecular flexibility index (Phi) is 21.3. The third kappa shape index (κ3) is 11.8. The largest absolute Gasteiger partial charge is 0.479 e. The quantitative estimate of drug-likeness (QED) is 0.0361. The number of carbonyl (C=O) groups excluding carboxylic acids is 2. The van der Waals surface area contributed by atoms with Crippen LogP contribution in [0.2, 0.25) is 0 Å². The summed E-state index contributed by atoms with van der Waals surface area (Å²) in [6.07, 6.45) is -37.8. The lowest BCUT2D eigenvalue weighted by atomic mass is 9.32. The SMILES string of the molecule is CC=C(C)C(=O)O[C@H]1[C@H](OC(=O)C(C)=CC)[C@]2(CO)[C@H](O)[C@H](O)[C@]3(C)C(=CC[C@@H]4[C@@]5(C)CC[C@H](O[C@@H]6O[C@H](C(=O)O)[C@@H](O)[C@H](O[C@@H]7O[C@H](CO)[C@H](O)[C@H](O)[C@H]7O[C@@H]7O[C@@H](C)[C@H](O)[C@@H](O)[C@H]7O)[C@H]6O[C@@H]6O[C@H](CO)[C@@H](O)[C@H](O)[C@H]6O)C(C)(C)[C@@H]5CC[C@]43C)[C@@H]2CC1(C)C. The lowest BCUT2D eigenvalue weighted by Crippen LogP contribution is -2.76. The number of carboxylic acids is 1. The maximum absolute atomic E-state index is 13.9. The van der Waals surface area contributed by atoms with E-state index in [1.807, 2.05) is 34.6 Å². The molecule has 32 atom stereocenters. The second-order valence-corrected chi connectivity index (χ2v) is 29.3. The van der Waals surface area contributed by atoms with E-state index >= 15 is 0 Å². The summed E-state index contributed by atoms with van der Waals surface area (Å²) in [5.74, 6) is -4.35. The van der Waals surface area contributed by atoms with Gasteiger partial charge in [0.1, 0.15) is 91.6 Å². The molecule has 0 aromatic carbocycles. The summed E-state index contributed by atoms with van der Waals surface area (Å²) in [6.45, 7) is 19.2. The first kappa shape index (κ1) is 73.0. The van der Waals surface area contributed by atoms with Crippen LogP contribution in [0.4, 0.5) is 0 Å². The molecule has 9 aliphatic rings. The van der Waals surface area contributed by atoms with Gasteiger partial charge in [0, 0.05) is 22.0 Å². The first-order valence-electron chi connectivity index (χ1n) is 32.1. The minimum absolute atomic E-state index is 0.220. The normalized spacial score (nSPS) is 50.2. The maximum atomic E-state index is 13.9. The Morgan fingerprint density at radius 3 is 1.66 bits per heavy atom. The molecule has 5 aliphatic carbocycles. The molecule has 8 fully saturated rings. The molecule has 4 heterocycles. The van der Waals surface area contributed by atoms with Gasteiger partial charge < -0.3 is 124 Å². The number of ether oxygens (including phenoxy) is 10. The van der Waals surface area contributed by atoms with Crippen LogP contribution in [0.3, 0.4) is 0 Å². The van der Waals surface area contributed by atoms with Crippen LogP contribution in [0, 0.1) is 50.2 Å². The van der Waals surface area contributed by atoms with Crippen molar-refractivity contribution in [1.29, 1.82) is 0 Å². The fourth-order valence-electron chi connectivity index (χ4n) is 17.8. The average molecular weight is 1320 g/mol. The summed E-state index contributed by atoms with van der Waals surface area (Å²) < 4.78 is 61.7.